The van der Waals surface area contributed by atoms with Crippen molar-refractivity contribution < 1.29 is 47.8 Å². The molecule has 0 aliphatic carbocycles. The standard InChI is InChI=1S/C48H93O10P/c1-3-5-7-9-11-13-15-17-19-20-21-22-23-24-26-27-29-31-33-35-37-39-47(51)55-43-46(44-57-59(53,54)56-42-45(50)41-49)58-48(52)40-38-36-34-32-30-28-25-18-16-14-12-10-8-6-4-2/h34,36,45-46,49-50H,3-33,35,37-44H2,1-2H3,(H,53,54)/b36-34+/t45-,46+/m1/s1. The first kappa shape index (κ1) is 57.7. The van der Waals surface area contributed by atoms with Gasteiger partial charge in [-0.3, -0.25) is 18.6 Å². The van der Waals surface area contributed by atoms with Crippen molar-refractivity contribution in [3.05, 3.63) is 12.2 Å². The van der Waals surface area contributed by atoms with Gasteiger partial charge in [0.2, 0.25) is 0 Å². The highest BCUT2D eigenvalue weighted by atomic mass is 31.2. The first-order valence-electron chi connectivity index (χ1n) is 24.6. The van der Waals surface area contributed by atoms with E-state index in [1.54, 1.807) is 0 Å². The van der Waals surface area contributed by atoms with Crippen LogP contribution < -0.4 is 0 Å². The number of hydrogen-bond acceptors (Lipinski definition) is 9. The van der Waals surface area contributed by atoms with Crippen molar-refractivity contribution in [3.8, 4) is 0 Å². The van der Waals surface area contributed by atoms with Crippen molar-refractivity contribution >= 4 is 19.8 Å². The third kappa shape index (κ3) is 44.6. The van der Waals surface area contributed by atoms with E-state index in [4.69, 9.17) is 23.6 Å². The number of aliphatic hydroxyl groups is 2. The first-order chi connectivity index (χ1) is 28.7. The summed E-state index contributed by atoms with van der Waals surface area (Å²) in [6.45, 7) is 2.39. The fraction of sp³-hybridized carbons (Fsp3) is 0.917. The van der Waals surface area contributed by atoms with Gasteiger partial charge in [0.15, 0.2) is 6.10 Å². The maximum Gasteiger partial charge on any atom is 0.472 e. The monoisotopic (exact) mass is 861 g/mol. The van der Waals surface area contributed by atoms with Crippen LogP contribution in [0.1, 0.15) is 245 Å². The Hall–Kier alpha value is -1.29. The first-order valence-corrected chi connectivity index (χ1v) is 26.1. The maximum atomic E-state index is 12.6. The molecule has 0 heterocycles. The van der Waals surface area contributed by atoms with Crippen molar-refractivity contribution in [2.75, 3.05) is 26.4 Å². The van der Waals surface area contributed by atoms with E-state index >= 15 is 0 Å². The summed E-state index contributed by atoms with van der Waals surface area (Å²) in [5.74, 6) is -0.966. The Morgan fingerprint density at radius 3 is 1.29 bits per heavy atom. The topological polar surface area (TPSA) is 149 Å². The molecule has 0 bridgehead atoms. The number of carbonyl (C=O) groups excluding carboxylic acids is 2. The van der Waals surface area contributed by atoms with E-state index in [2.05, 4.69) is 19.9 Å². The number of phosphoric ester groups is 1. The van der Waals surface area contributed by atoms with Gasteiger partial charge < -0.3 is 24.6 Å². The molecule has 3 atom stereocenters. The highest BCUT2D eigenvalue weighted by Crippen LogP contribution is 2.43. The fourth-order valence-corrected chi connectivity index (χ4v) is 7.92. The zero-order valence-electron chi connectivity index (χ0n) is 38.2. The summed E-state index contributed by atoms with van der Waals surface area (Å²) in [7, 11) is -4.62. The van der Waals surface area contributed by atoms with E-state index in [0.717, 1.165) is 32.1 Å². The second kappa shape index (κ2) is 44.8. The molecule has 0 aromatic rings. The van der Waals surface area contributed by atoms with Crippen LogP contribution in [0.3, 0.4) is 0 Å². The molecule has 3 N–H and O–H groups in total. The molecular formula is C48H93O10P. The summed E-state index contributed by atoms with van der Waals surface area (Å²) in [6, 6.07) is 0. The number of ether oxygens (including phenoxy) is 2. The molecule has 0 radical (unpaired) electrons. The van der Waals surface area contributed by atoms with Gasteiger partial charge >= 0.3 is 19.8 Å². The molecule has 1 unspecified atom stereocenters. The average Bonchev–Trinajstić information content (AvgIpc) is 3.22. The van der Waals surface area contributed by atoms with Gasteiger partial charge in [-0.05, 0) is 25.7 Å². The van der Waals surface area contributed by atoms with Crippen LogP contribution in [-0.4, -0.2) is 65.7 Å². The van der Waals surface area contributed by atoms with E-state index in [-0.39, 0.29) is 19.4 Å². The molecule has 0 saturated heterocycles. The molecule has 350 valence electrons. The molecule has 0 fully saturated rings. The summed E-state index contributed by atoms with van der Waals surface area (Å²) in [5, 5.41) is 18.4. The van der Waals surface area contributed by atoms with Gasteiger partial charge in [0.1, 0.15) is 12.7 Å². The van der Waals surface area contributed by atoms with Crippen LogP contribution in [0, 0.1) is 0 Å². The van der Waals surface area contributed by atoms with Gasteiger partial charge in [0.05, 0.1) is 19.8 Å². The largest absolute Gasteiger partial charge is 0.472 e. The molecule has 0 aliphatic heterocycles. The van der Waals surface area contributed by atoms with Gasteiger partial charge in [-0.1, -0.05) is 219 Å². The molecule has 11 heteroatoms. The van der Waals surface area contributed by atoms with Crippen molar-refractivity contribution in [3.63, 3.8) is 0 Å². The Balaban J connectivity index is 4.17. The van der Waals surface area contributed by atoms with Gasteiger partial charge in [0, 0.05) is 12.8 Å². The van der Waals surface area contributed by atoms with Crippen LogP contribution in [0.5, 0.6) is 0 Å². The molecule has 0 amide bonds. The predicted octanol–water partition coefficient (Wildman–Crippen LogP) is 13.6. The highest BCUT2D eigenvalue weighted by molar-refractivity contribution is 7.47. The van der Waals surface area contributed by atoms with E-state index in [1.165, 1.54) is 173 Å². The zero-order valence-corrected chi connectivity index (χ0v) is 39.1. The molecule has 0 aliphatic rings. The molecule has 0 aromatic carbocycles. The second-order valence-corrected chi connectivity index (χ2v) is 18.3. The van der Waals surface area contributed by atoms with E-state index < -0.39 is 51.8 Å². The highest BCUT2D eigenvalue weighted by Gasteiger charge is 2.27. The van der Waals surface area contributed by atoms with Gasteiger partial charge in [-0.2, -0.15) is 0 Å². The average molecular weight is 861 g/mol. The fourth-order valence-electron chi connectivity index (χ4n) is 7.13. The summed E-state index contributed by atoms with van der Waals surface area (Å²) in [6.07, 6.45) is 44.8. The van der Waals surface area contributed by atoms with Crippen LogP contribution in [0.15, 0.2) is 12.2 Å². The number of esters is 2. The molecule has 10 nitrogen and oxygen atoms in total. The minimum absolute atomic E-state index is 0.106. The number of phosphoric acid groups is 1. The molecular weight excluding hydrogens is 767 g/mol. The Kier molecular flexibility index (Phi) is 43.8. The molecule has 0 saturated carbocycles. The van der Waals surface area contributed by atoms with Crippen molar-refractivity contribution in [1.82, 2.24) is 0 Å². The van der Waals surface area contributed by atoms with Crippen molar-refractivity contribution in [2.24, 2.45) is 0 Å². The van der Waals surface area contributed by atoms with E-state index in [9.17, 15) is 24.2 Å². The van der Waals surface area contributed by atoms with Crippen molar-refractivity contribution in [1.29, 1.82) is 0 Å². The van der Waals surface area contributed by atoms with Crippen LogP contribution in [0.4, 0.5) is 0 Å². The lowest BCUT2D eigenvalue weighted by atomic mass is 10.0. The second-order valence-electron chi connectivity index (χ2n) is 16.8. The molecule has 0 rings (SSSR count). The number of hydrogen-bond donors (Lipinski definition) is 3. The van der Waals surface area contributed by atoms with Gasteiger partial charge in [-0.25, -0.2) is 4.57 Å². The van der Waals surface area contributed by atoms with Crippen LogP contribution in [0.2, 0.25) is 0 Å². The SMILES string of the molecule is CCCCCCCCCCCCC/C=C/CCC(=O)O[C@@H](COC(=O)CCCCCCCCCCCCCCCCCCCCCCC)COP(=O)(O)OC[C@H](O)CO. The number of unbranched alkanes of at least 4 members (excludes halogenated alkanes) is 31. The van der Waals surface area contributed by atoms with Gasteiger partial charge in [0.25, 0.3) is 0 Å². The van der Waals surface area contributed by atoms with E-state index in [1.807, 2.05) is 6.08 Å². The third-order valence-electron chi connectivity index (χ3n) is 10.9. The molecule has 0 spiro atoms. The number of rotatable bonds is 47. The summed E-state index contributed by atoms with van der Waals surface area (Å²) >= 11 is 0. The molecule has 0 aromatic heterocycles. The third-order valence-corrected chi connectivity index (χ3v) is 11.9. The summed E-state index contributed by atoms with van der Waals surface area (Å²) in [4.78, 5) is 35.1. The minimum Gasteiger partial charge on any atom is -0.462 e. The lowest BCUT2D eigenvalue weighted by Gasteiger charge is -2.20. The normalized spacial score (nSPS) is 13.8. The Labute approximate surface area is 362 Å². The van der Waals surface area contributed by atoms with E-state index in [0.29, 0.717) is 12.8 Å². The van der Waals surface area contributed by atoms with Crippen molar-refractivity contribution in [2.45, 2.75) is 257 Å². The Bertz CT molecular complexity index is 993. The summed E-state index contributed by atoms with van der Waals surface area (Å²) in [5.41, 5.74) is 0. The van der Waals surface area contributed by atoms with Gasteiger partial charge in [-0.15, -0.1) is 0 Å². The predicted molar refractivity (Wildman–Crippen MR) is 242 cm³/mol. The lowest BCUT2D eigenvalue weighted by molar-refractivity contribution is -0.161. The Morgan fingerprint density at radius 1 is 0.492 bits per heavy atom. The Morgan fingerprint density at radius 2 is 0.864 bits per heavy atom. The van der Waals surface area contributed by atoms with Crippen LogP contribution >= 0.6 is 7.82 Å². The number of aliphatic hydroxyl groups excluding tert-OH is 2. The smallest absolute Gasteiger partial charge is 0.462 e. The van der Waals surface area contributed by atoms with Crippen LogP contribution in [0.25, 0.3) is 0 Å². The van der Waals surface area contributed by atoms with Crippen LogP contribution in [-0.2, 0) is 32.7 Å². The number of allylic oxidation sites excluding steroid dienone is 2. The summed E-state index contributed by atoms with van der Waals surface area (Å²) < 4.78 is 32.8. The number of carbonyl (C=O) groups is 2. The quantitative estimate of drug-likeness (QED) is 0.0234. The maximum absolute atomic E-state index is 12.6. The lowest BCUT2D eigenvalue weighted by Crippen LogP contribution is -2.29. The zero-order chi connectivity index (χ0) is 43.3. The molecule has 59 heavy (non-hydrogen) atoms. The minimum atomic E-state index is -4.62.